The van der Waals surface area contributed by atoms with Gasteiger partial charge < -0.3 is 4.52 Å². The minimum Gasteiger partial charge on any atom is -0.338 e. The van der Waals surface area contributed by atoms with Gasteiger partial charge in [0.15, 0.2) is 11.0 Å². The van der Waals surface area contributed by atoms with Gasteiger partial charge in [0.05, 0.1) is 22.3 Å². The van der Waals surface area contributed by atoms with Gasteiger partial charge in [-0.15, -0.1) is 0 Å². The number of para-hydroxylation sites is 1. The Morgan fingerprint density at radius 3 is 2.70 bits per heavy atom. The quantitative estimate of drug-likeness (QED) is 0.309. The minimum absolute atomic E-state index is 0.0829. The molecule has 30 heavy (non-hydrogen) atoms. The van der Waals surface area contributed by atoms with E-state index < -0.39 is 0 Å². The van der Waals surface area contributed by atoms with Crippen LogP contribution in [0, 0.1) is 13.8 Å². The molecule has 0 spiro atoms. The summed E-state index contributed by atoms with van der Waals surface area (Å²) < 4.78 is 7.06. The molecule has 0 N–H and O–H groups in total. The predicted octanol–water partition coefficient (Wildman–Crippen LogP) is 5.02. The zero-order valence-electron chi connectivity index (χ0n) is 17.4. The van der Waals surface area contributed by atoms with E-state index in [-0.39, 0.29) is 5.56 Å². The van der Waals surface area contributed by atoms with E-state index in [2.05, 4.69) is 24.0 Å². The molecule has 154 valence electrons. The zero-order chi connectivity index (χ0) is 21.1. The van der Waals surface area contributed by atoms with Crippen LogP contribution in [0.3, 0.4) is 0 Å². The highest BCUT2D eigenvalue weighted by Gasteiger charge is 2.15. The average molecular weight is 421 g/mol. The number of rotatable bonds is 7. The summed E-state index contributed by atoms with van der Waals surface area (Å²) in [7, 11) is 0. The van der Waals surface area contributed by atoms with Crippen molar-refractivity contribution in [2.75, 3.05) is 0 Å². The lowest BCUT2D eigenvalue weighted by Gasteiger charge is -2.14. The van der Waals surface area contributed by atoms with Crippen molar-refractivity contribution in [2.45, 2.75) is 50.9 Å². The molecule has 0 radical (unpaired) electrons. The summed E-state index contributed by atoms with van der Waals surface area (Å²) in [6.07, 6.45) is 2.93. The first-order valence-electron chi connectivity index (χ1n) is 10.1. The van der Waals surface area contributed by atoms with Gasteiger partial charge in [0.2, 0.25) is 5.89 Å². The number of fused-ring (bicyclic) bond motifs is 1. The van der Waals surface area contributed by atoms with Crippen molar-refractivity contribution in [1.82, 2.24) is 19.7 Å². The summed E-state index contributed by atoms with van der Waals surface area (Å²) >= 11 is 1.43. The molecule has 0 aliphatic heterocycles. The average Bonchev–Trinajstić information content (AvgIpc) is 3.21. The molecule has 0 aliphatic rings. The number of benzene rings is 2. The van der Waals surface area contributed by atoms with Gasteiger partial charge in [-0.1, -0.05) is 48.5 Å². The van der Waals surface area contributed by atoms with E-state index in [0.717, 1.165) is 36.3 Å². The number of aromatic nitrogens is 4. The summed E-state index contributed by atoms with van der Waals surface area (Å²) in [5.41, 5.74) is 3.71. The van der Waals surface area contributed by atoms with Gasteiger partial charge in [-0.3, -0.25) is 9.36 Å². The van der Waals surface area contributed by atoms with Crippen molar-refractivity contribution < 1.29 is 4.52 Å². The van der Waals surface area contributed by atoms with Gasteiger partial charge in [-0.25, -0.2) is 4.98 Å². The number of hydrogen-bond acceptors (Lipinski definition) is 6. The molecule has 0 saturated heterocycles. The number of aryl methyl sites for hydroxylation is 3. The molecule has 0 saturated carbocycles. The highest BCUT2D eigenvalue weighted by molar-refractivity contribution is 7.98. The Bertz CT molecular complexity index is 1250. The first kappa shape index (κ1) is 20.3. The second-order valence-electron chi connectivity index (χ2n) is 7.32. The van der Waals surface area contributed by atoms with E-state index in [9.17, 15) is 4.79 Å². The lowest BCUT2D eigenvalue weighted by molar-refractivity contribution is 0.384. The molecule has 2 heterocycles. The van der Waals surface area contributed by atoms with Gasteiger partial charge in [0, 0.05) is 6.42 Å². The molecule has 6 nitrogen and oxygen atoms in total. The van der Waals surface area contributed by atoms with E-state index in [1.165, 1.54) is 17.3 Å². The summed E-state index contributed by atoms with van der Waals surface area (Å²) in [4.78, 5) is 22.6. The van der Waals surface area contributed by atoms with Crippen LogP contribution < -0.4 is 5.56 Å². The molecule has 0 bridgehead atoms. The first-order chi connectivity index (χ1) is 14.6. The maximum absolute atomic E-state index is 13.3. The Morgan fingerprint density at radius 2 is 1.90 bits per heavy atom. The Hall–Kier alpha value is -2.93. The molecule has 2 aromatic heterocycles. The third-order valence-electron chi connectivity index (χ3n) is 5.08. The maximum atomic E-state index is 13.3. The Morgan fingerprint density at radius 1 is 1.07 bits per heavy atom. The van der Waals surface area contributed by atoms with Crippen molar-refractivity contribution in [3.05, 3.63) is 75.7 Å². The van der Waals surface area contributed by atoms with Gasteiger partial charge in [-0.2, -0.15) is 4.98 Å². The Labute approximate surface area is 179 Å². The SMILES string of the molecule is CCCCc1noc(CSc2nc3ccccc3c(=O)n2-c2ccc(C)c(C)c2)n1. The normalized spacial score (nSPS) is 11.3. The summed E-state index contributed by atoms with van der Waals surface area (Å²) in [5, 5.41) is 5.25. The standard InChI is InChI=1S/C23H24N4O2S/c1-4-5-10-20-25-21(29-26-20)14-30-23-24-19-9-7-6-8-18(19)22(28)27(23)17-12-11-15(2)16(3)13-17/h6-9,11-13H,4-5,10,14H2,1-3H3. The fraction of sp³-hybridized carbons (Fsp3) is 0.304. The van der Waals surface area contributed by atoms with Gasteiger partial charge >= 0.3 is 0 Å². The number of thioether (sulfide) groups is 1. The largest absolute Gasteiger partial charge is 0.338 e. The second-order valence-corrected chi connectivity index (χ2v) is 8.26. The predicted molar refractivity (Wildman–Crippen MR) is 119 cm³/mol. The van der Waals surface area contributed by atoms with Crippen molar-refractivity contribution in [3.8, 4) is 5.69 Å². The molecule has 0 aliphatic carbocycles. The minimum atomic E-state index is -0.0829. The second kappa shape index (κ2) is 8.83. The molecule has 7 heteroatoms. The smallest absolute Gasteiger partial charge is 0.266 e. The van der Waals surface area contributed by atoms with Crippen LogP contribution in [0.25, 0.3) is 16.6 Å². The van der Waals surface area contributed by atoms with Gasteiger partial charge in [0.25, 0.3) is 5.56 Å². The van der Waals surface area contributed by atoms with Gasteiger partial charge in [0.1, 0.15) is 0 Å². The molecular weight excluding hydrogens is 396 g/mol. The fourth-order valence-electron chi connectivity index (χ4n) is 3.21. The van der Waals surface area contributed by atoms with E-state index in [4.69, 9.17) is 9.51 Å². The molecule has 0 fully saturated rings. The highest BCUT2D eigenvalue weighted by Crippen LogP contribution is 2.25. The zero-order valence-corrected chi connectivity index (χ0v) is 18.2. The maximum Gasteiger partial charge on any atom is 0.266 e. The topological polar surface area (TPSA) is 73.8 Å². The van der Waals surface area contributed by atoms with Crippen LogP contribution in [0.15, 0.2) is 56.9 Å². The van der Waals surface area contributed by atoms with Crippen molar-refractivity contribution >= 4 is 22.7 Å². The molecule has 0 atom stereocenters. The molecule has 4 rings (SSSR count). The van der Waals surface area contributed by atoms with Crippen LogP contribution in [-0.2, 0) is 12.2 Å². The number of nitrogens with zero attached hydrogens (tertiary/aromatic N) is 4. The van der Waals surface area contributed by atoms with E-state index in [1.54, 1.807) is 4.57 Å². The molecular formula is C23H24N4O2S. The van der Waals surface area contributed by atoms with Crippen LogP contribution in [0.2, 0.25) is 0 Å². The van der Waals surface area contributed by atoms with Crippen LogP contribution in [0.5, 0.6) is 0 Å². The van der Waals surface area contributed by atoms with Gasteiger partial charge in [-0.05, 0) is 55.7 Å². The summed E-state index contributed by atoms with van der Waals surface area (Å²) in [5.74, 6) is 1.72. The fourth-order valence-corrected chi connectivity index (χ4v) is 4.06. The lowest BCUT2D eigenvalue weighted by Crippen LogP contribution is -2.22. The van der Waals surface area contributed by atoms with Crippen LogP contribution in [0.4, 0.5) is 0 Å². The summed E-state index contributed by atoms with van der Waals surface area (Å²) in [6.45, 7) is 6.23. The monoisotopic (exact) mass is 420 g/mol. The molecule has 0 amide bonds. The molecule has 4 aromatic rings. The van der Waals surface area contributed by atoms with Crippen LogP contribution >= 0.6 is 11.8 Å². The van der Waals surface area contributed by atoms with E-state index >= 15 is 0 Å². The van der Waals surface area contributed by atoms with E-state index in [1.807, 2.05) is 49.4 Å². The van der Waals surface area contributed by atoms with Crippen molar-refractivity contribution in [3.63, 3.8) is 0 Å². The molecule has 0 unspecified atom stereocenters. The van der Waals surface area contributed by atoms with E-state index in [0.29, 0.717) is 27.7 Å². The Balaban J connectivity index is 1.73. The molecule has 2 aromatic carbocycles. The van der Waals surface area contributed by atoms with Crippen molar-refractivity contribution in [2.24, 2.45) is 0 Å². The number of unbranched alkanes of at least 4 members (excludes halogenated alkanes) is 1. The third kappa shape index (κ3) is 4.16. The first-order valence-corrected chi connectivity index (χ1v) is 11.1. The lowest BCUT2D eigenvalue weighted by atomic mass is 10.1. The van der Waals surface area contributed by atoms with Crippen LogP contribution in [-0.4, -0.2) is 19.7 Å². The third-order valence-corrected chi connectivity index (χ3v) is 6.01. The van der Waals surface area contributed by atoms with Crippen LogP contribution in [0.1, 0.15) is 42.6 Å². The summed E-state index contributed by atoms with van der Waals surface area (Å²) in [6, 6.07) is 13.4. The van der Waals surface area contributed by atoms with Crippen molar-refractivity contribution in [1.29, 1.82) is 0 Å². The number of hydrogen-bond donors (Lipinski definition) is 0. The highest BCUT2D eigenvalue weighted by atomic mass is 32.2. The Kier molecular flexibility index (Phi) is 5.99.